The quantitative estimate of drug-likeness (QED) is 0.820. The van der Waals surface area contributed by atoms with E-state index in [0.29, 0.717) is 6.54 Å². The Bertz CT molecular complexity index is 441. The summed E-state index contributed by atoms with van der Waals surface area (Å²) in [5, 5.41) is 0. The van der Waals surface area contributed by atoms with Gasteiger partial charge in [0.2, 0.25) is 5.91 Å². The Morgan fingerprint density at radius 1 is 1.28 bits per heavy atom. The molecule has 0 spiro atoms. The normalized spacial score (nSPS) is 20.8. The first-order valence-electron chi connectivity index (χ1n) is 6.47. The number of benzene rings is 1. The van der Waals surface area contributed by atoms with Crippen LogP contribution in [0, 0.1) is 0 Å². The van der Waals surface area contributed by atoms with Crippen LogP contribution in [0.15, 0.2) is 30.3 Å². The van der Waals surface area contributed by atoms with Gasteiger partial charge in [-0.25, -0.2) is 0 Å². The van der Waals surface area contributed by atoms with Gasteiger partial charge in [-0.2, -0.15) is 0 Å². The molecule has 1 amide bonds. The lowest BCUT2D eigenvalue weighted by Crippen LogP contribution is -2.41. The van der Waals surface area contributed by atoms with Crippen molar-refractivity contribution in [2.24, 2.45) is 0 Å². The highest BCUT2D eigenvalue weighted by atomic mass is 16.2. The lowest BCUT2D eigenvalue weighted by molar-refractivity contribution is -0.137. The molecule has 3 heteroatoms. The molecule has 2 atom stereocenters. The third-order valence-electron chi connectivity index (χ3n) is 3.68. The zero-order chi connectivity index (χ0) is 13.1. The van der Waals surface area contributed by atoms with E-state index in [9.17, 15) is 9.59 Å². The summed E-state index contributed by atoms with van der Waals surface area (Å²) >= 11 is 0. The van der Waals surface area contributed by atoms with Gasteiger partial charge in [0.15, 0.2) is 5.78 Å². The predicted octanol–water partition coefficient (Wildman–Crippen LogP) is 2.37. The molecular weight excluding hydrogens is 226 g/mol. The molecule has 1 aromatic rings. The Kier molecular flexibility index (Phi) is 3.80. The lowest BCUT2D eigenvalue weighted by atomic mass is 9.99. The van der Waals surface area contributed by atoms with Gasteiger partial charge >= 0.3 is 0 Å². The number of carbonyl (C=O) groups excluding carboxylic acids is 2. The first kappa shape index (κ1) is 12.8. The van der Waals surface area contributed by atoms with Crippen LogP contribution in [0.2, 0.25) is 0 Å². The Labute approximate surface area is 108 Å². The van der Waals surface area contributed by atoms with E-state index in [-0.39, 0.29) is 23.7 Å². The summed E-state index contributed by atoms with van der Waals surface area (Å²) in [6.07, 6.45) is 1.74. The Hall–Kier alpha value is -1.64. The molecule has 0 radical (unpaired) electrons. The highest BCUT2D eigenvalue weighted by Crippen LogP contribution is 2.24. The maximum Gasteiger partial charge on any atom is 0.230 e. The summed E-state index contributed by atoms with van der Waals surface area (Å²) in [5.41, 5.74) is 1.01. The van der Waals surface area contributed by atoms with Crippen molar-refractivity contribution in [1.29, 1.82) is 0 Å². The molecule has 1 fully saturated rings. The second kappa shape index (κ2) is 5.34. The van der Waals surface area contributed by atoms with Gasteiger partial charge in [0, 0.05) is 6.54 Å². The molecule has 0 aromatic heterocycles. The highest BCUT2D eigenvalue weighted by molar-refractivity contribution is 5.90. The van der Waals surface area contributed by atoms with Gasteiger partial charge in [0.25, 0.3) is 0 Å². The Morgan fingerprint density at radius 3 is 2.56 bits per heavy atom. The minimum absolute atomic E-state index is 0.0684. The van der Waals surface area contributed by atoms with Gasteiger partial charge in [-0.1, -0.05) is 30.3 Å². The highest BCUT2D eigenvalue weighted by Gasteiger charge is 2.34. The zero-order valence-corrected chi connectivity index (χ0v) is 10.9. The van der Waals surface area contributed by atoms with Crippen molar-refractivity contribution in [1.82, 2.24) is 4.90 Å². The van der Waals surface area contributed by atoms with Gasteiger partial charge in [0.1, 0.15) is 0 Å². The van der Waals surface area contributed by atoms with Crippen LogP contribution < -0.4 is 0 Å². The molecule has 1 heterocycles. The fourth-order valence-corrected chi connectivity index (χ4v) is 2.59. The third-order valence-corrected chi connectivity index (χ3v) is 3.68. The average Bonchev–Trinajstić information content (AvgIpc) is 2.87. The summed E-state index contributed by atoms with van der Waals surface area (Å²) in [4.78, 5) is 25.7. The van der Waals surface area contributed by atoms with E-state index in [1.165, 1.54) is 0 Å². The fourth-order valence-electron chi connectivity index (χ4n) is 2.59. The smallest absolute Gasteiger partial charge is 0.230 e. The molecule has 0 unspecified atom stereocenters. The first-order chi connectivity index (χ1) is 8.61. The van der Waals surface area contributed by atoms with Gasteiger partial charge in [-0.05, 0) is 32.3 Å². The molecule has 3 nitrogen and oxygen atoms in total. The van der Waals surface area contributed by atoms with Crippen LogP contribution in [0.3, 0.4) is 0 Å². The summed E-state index contributed by atoms with van der Waals surface area (Å²) in [6.45, 7) is 4.19. The number of amides is 1. The summed E-state index contributed by atoms with van der Waals surface area (Å²) in [6, 6.07) is 9.53. The second-order valence-electron chi connectivity index (χ2n) is 4.93. The van der Waals surface area contributed by atoms with Gasteiger partial charge < -0.3 is 4.90 Å². The number of likely N-dealkylation sites (tertiary alicyclic amines) is 1. The molecule has 96 valence electrons. The van der Waals surface area contributed by atoms with Crippen LogP contribution in [0.5, 0.6) is 0 Å². The standard InChI is InChI=1S/C15H19NO2/c1-11(13-7-4-3-5-8-13)15(18)16-10-6-9-14(16)12(2)17/h3-5,7-8,11,14H,6,9-10H2,1-2H3/t11-,14+/m1/s1. The largest absolute Gasteiger partial charge is 0.332 e. The van der Waals surface area contributed by atoms with E-state index in [4.69, 9.17) is 0 Å². The molecule has 1 aliphatic heterocycles. The van der Waals surface area contributed by atoms with Crippen LogP contribution in [0.1, 0.15) is 38.2 Å². The number of hydrogen-bond donors (Lipinski definition) is 0. The van der Waals surface area contributed by atoms with Crippen molar-refractivity contribution in [2.45, 2.75) is 38.6 Å². The molecule has 2 rings (SSSR count). The van der Waals surface area contributed by atoms with E-state index in [1.807, 2.05) is 37.3 Å². The minimum atomic E-state index is -0.205. The molecule has 1 saturated heterocycles. The zero-order valence-electron chi connectivity index (χ0n) is 10.9. The fraction of sp³-hybridized carbons (Fsp3) is 0.467. The topological polar surface area (TPSA) is 37.4 Å². The van der Waals surface area contributed by atoms with Crippen molar-refractivity contribution >= 4 is 11.7 Å². The van der Waals surface area contributed by atoms with Gasteiger partial charge in [-0.3, -0.25) is 9.59 Å². The number of Topliss-reactive ketones (excluding diaryl/α,β-unsaturated/α-hetero) is 1. The molecule has 0 N–H and O–H groups in total. The molecular formula is C15H19NO2. The number of hydrogen-bond acceptors (Lipinski definition) is 2. The van der Waals surface area contributed by atoms with Crippen LogP contribution in [-0.4, -0.2) is 29.2 Å². The molecule has 1 aromatic carbocycles. The maximum atomic E-state index is 12.4. The second-order valence-corrected chi connectivity index (χ2v) is 4.93. The molecule has 0 aliphatic carbocycles. The van der Waals surface area contributed by atoms with Crippen molar-refractivity contribution in [3.63, 3.8) is 0 Å². The number of nitrogens with zero attached hydrogens (tertiary/aromatic N) is 1. The van der Waals surface area contributed by atoms with E-state index in [0.717, 1.165) is 18.4 Å². The van der Waals surface area contributed by atoms with Crippen LogP contribution in [0.4, 0.5) is 0 Å². The van der Waals surface area contributed by atoms with E-state index >= 15 is 0 Å². The summed E-state index contributed by atoms with van der Waals surface area (Å²) in [7, 11) is 0. The van der Waals surface area contributed by atoms with Crippen molar-refractivity contribution < 1.29 is 9.59 Å². The van der Waals surface area contributed by atoms with Crippen LogP contribution in [-0.2, 0) is 9.59 Å². The molecule has 1 aliphatic rings. The van der Waals surface area contributed by atoms with Crippen molar-refractivity contribution in [3.8, 4) is 0 Å². The van der Waals surface area contributed by atoms with Crippen molar-refractivity contribution in [3.05, 3.63) is 35.9 Å². The first-order valence-corrected chi connectivity index (χ1v) is 6.47. The minimum Gasteiger partial charge on any atom is -0.332 e. The summed E-state index contributed by atoms with van der Waals surface area (Å²) < 4.78 is 0. The van der Waals surface area contributed by atoms with E-state index < -0.39 is 0 Å². The van der Waals surface area contributed by atoms with Gasteiger partial charge in [0.05, 0.1) is 12.0 Å². The Balaban J connectivity index is 2.14. The summed E-state index contributed by atoms with van der Waals surface area (Å²) in [5.74, 6) is -0.00818. The molecule has 18 heavy (non-hydrogen) atoms. The number of carbonyl (C=O) groups is 2. The Morgan fingerprint density at radius 2 is 1.94 bits per heavy atom. The van der Waals surface area contributed by atoms with Crippen LogP contribution >= 0.6 is 0 Å². The SMILES string of the molecule is CC(=O)[C@@H]1CCCN1C(=O)[C@H](C)c1ccccc1. The lowest BCUT2D eigenvalue weighted by Gasteiger charge is -2.26. The van der Waals surface area contributed by atoms with Crippen molar-refractivity contribution in [2.75, 3.05) is 6.54 Å². The predicted molar refractivity (Wildman–Crippen MR) is 70.3 cm³/mol. The number of rotatable bonds is 3. The molecule has 0 bridgehead atoms. The maximum absolute atomic E-state index is 12.4. The van der Waals surface area contributed by atoms with E-state index in [2.05, 4.69) is 0 Å². The van der Waals surface area contributed by atoms with Crippen LogP contribution in [0.25, 0.3) is 0 Å². The molecule has 0 saturated carbocycles. The van der Waals surface area contributed by atoms with E-state index in [1.54, 1.807) is 11.8 Å². The monoisotopic (exact) mass is 245 g/mol. The van der Waals surface area contributed by atoms with Gasteiger partial charge in [-0.15, -0.1) is 0 Å². The average molecular weight is 245 g/mol. The number of ketones is 1. The third kappa shape index (κ3) is 2.45.